The zero-order valence-electron chi connectivity index (χ0n) is 15.6. The second kappa shape index (κ2) is 8.18. The van der Waals surface area contributed by atoms with Gasteiger partial charge in [0.05, 0.1) is 12.1 Å². The Balaban J connectivity index is 1.63. The van der Waals surface area contributed by atoms with E-state index in [-0.39, 0.29) is 17.9 Å². The molecule has 1 saturated carbocycles. The third-order valence-corrected chi connectivity index (χ3v) is 5.65. The van der Waals surface area contributed by atoms with Crippen LogP contribution in [0.3, 0.4) is 0 Å². The van der Waals surface area contributed by atoms with Crippen LogP contribution in [0.5, 0.6) is 0 Å². The molecule has 142 valence electrons. The van der Waals surface area contributed by atoms with Crippen LogP contribution in [-0.4, -0.2) is 65.0 Å². The Morgan fingerprint density at radius 3 is 2.38 bits per heavy atom. The highest BCUT2D eigenvalue weighted by atomic mass is 16.3. The van der Waals surface area contributed by atoms with Crippen molar-refractivity contribution in [1.82, 2.24) is 9.80 Å². The van der Waals surface area contributed by atoms with E-state index in [0.29, 0.717) is 23.8 Å². The van der Waals surface area contributed by atoms with E-state index >= 15 is 0 Å². The normalized spacial score (nSPS) is 24.4. The van der Waals surface area contributed by atoms with Gasteiger partial charge in [0.1, 0.15) is 0 Å². The summed E-state index contributed by atoms with van der Waals surface area (Å²) >= 11 is 0. The molecule has 6 nitrogen and oxygen atoms in total. The van der Waals surface area contributed by atoms with Gasteiger partial charge in [-0.2, -0.15) is 0 Å². The fraction of sp³-hybridized carbons (Fsp3) is 0.600. The average molecular weight is 359 g/mol. The second-order valence-corrected chi connectivity index (χ2v) is 7.56. The molecule has 1 aromatic rings. The van der Waals surface area contributed by atoms with Gasteiger partial charge in [-0.15, -0.1) is 0 Å². The Labute approximate surface area is 155 Å². The molecule has 0 bridgehead atoms. The van der Waals surface area contributed by atoms with E-state index in [1.54, 1.807) is 36.2 Å². The highest BCUT2D eigenvalue weighted by molar-refractivity contribution is 5.95. The summed E-state index contributed by atoms with van der Waals surface area (Å²) in [4.78, 5) is 27.9. The number of carbonyl (C=O) groups is 2. The van der Waals surface area contributed by atoms with Gasteiger partial charge in [0, 0.05) is 44.4 Å². The number of β-amino-alcohol motifs (C(OH)–C–C–N with tert-alkyl or cyclic N) is 1. The molecule has 6 heteroatoms. The third kappa shape index (κ3) is 4.24. The van der Waals surface area contributed by atoms with Crippen molar-refractivity contribution in [2.24, 2.45) is 0 Å². The van der Waals surface area contributed by atoms with Crippen LogP contribution in [0.15, 0.2) is 24.3 Å². The molecule has 0 spiro atoms. The lowest BCUT2D eigenvalue weighted by molar-refractivity contribution is -0.114. The molecule has 2 amide bonds. The first-order valence-corrected chi connectivity index (χ1v) is 9.52. The highest BCUT2D eigenvalue weighted by Gasteiger charge is 2.39. The van der Waals surface area contributed by atoms with Gasteiger partial charge in [0.2, 0.25) is 5.91 Å². The van der Waals surface area contributed by atoms with Gasteiger partial charge >= 0.3 is 0 Å². The number of amides is 2. The Bertz CT molecular complexity index is 640. The van der Waals surface area contributed by atoms with Crippen molar-refractivity contribution in [1.29, 1.82) is 0 Å². The van der Waals surface area contributed by atoms with E-state index in [9.17, 15) is 14.7 Å². The SMILES string of the molecule is CC(=O)Nc1ccc(C(=O)N(C)[C@@H]2CN(C3CCCCC3)C[C@H]2O)cc1. The summed E-state index contributed by atoms with van der Waals surface area (Å²) in [6.45, 7) is 2.83. The number of carbonyl (C=O) groups excluding carboxylic acids is 2. The maximum absolute atomic E-state index is 12.8. The molecule has 2 aliphatic rings. The molecule has 2 atom stereocenters. The monoisotopic (exact) mass is 359 g/mol. The van der Waals surface area contributed by atoms with Crippen LogP contribution in [0.4, 0.5) is 5.69 Å². The highest BCUT2D eigenvalue weighted by Crippen LogP contribution is 2.27. The maximum Gasteiger partial charge on any atom is 0.253 e. The summed E-state index contributed by atoms with van der Waals surface area (Å²) < 4.78 is 0. The van der Waals surface area contributed by atoms with E-state index < -0.39 is 6.10 Å². The molecule has 0 radical (unpaired) electrons. The quantitative estimate of drug-likeness (QED) is 0.863. The maximum atomic E-state index is 12.8. The molecule has 2 N–H and O–H groups in total. The number of aliphatic hydroxyl groups excluding tert-OH is 1. The van der Waals surface area contributed by atoms with Crippen molar-refractivity contribution in [3.63, 3.8) is 0 Å². The minimum atomic E-state index is -0.510. The largest absolute Gasteiger partial charge is 0.390 e. The second-order valence-electron chi connectivity index (χ2n) is 7.56. The Morgan fingerprint density at radius 2 is 1.77 bits per heavy atom. The first-order valence-electron chi connectivity index (χ1n) is 9.52. The molecule has 1 aliphatic heterocycles. The van der Waals surface area contributed by atoms with Crippen molar-refractivity contribution >= 4 is 17.5 Å². The lowest BCUT2D eigenvalue weighted by atomic mass is 9.94. The summed E-state index contributed by atoms with van der Waals surface area (Å²) in [7, 11) is 1.77. The summed E-state index contributed by atoms with van der Waals surface area (Å²) in [5.74, 6) is -0.244. The Hall–Kier alpha value is -1.92. The predicted molar refractivity (Wildman–Crippen MR) is 101 cm³/mol. The summed E-state index contributed by atoms with van der Waals surface area (Å²) in [5.41, 5.74) is 1.23. The minimum Gasteiger partial charge on any atom is -0.390 e. The number of aliphatic hydroxyl groups is 1. The molecule has 0 unspecified atom stereocenters. The standard InChI is InChI=1S/C20H29N3O3/c1-14(24)21-16-10-8-15(9-11-16)20(26)22(2)18-12-23(13-19(18)25)17-6-4-3-5-7-17/h8-11,17-19,25H,3-7,12-13H2,1-2H3,(H,21,24)/t18-,19-/m1/s1. The topological polar surface area (TPSA) is 72.9 Å². The van der Waals surface area contributed by atoms with Crippen LogP contribution < -0.4 is 5.32 Å². The van der Waals surface area contributed by atoms with Crippen LogP contribution in [0, 0.1) is 0 Å². The van der Waals surface area contributed by atoms with E-state index in [0.717, 1.165) is 6.54 Å². The molecule has 1 saturated heterocycles. The number of hydrogen-bond donors (Lipinski definition) is 2. The van der Waals surface area contributed by atoms with E-state index in [2.05, 4.69) is 10.2 Å². The number of nitrogens with one attached hydrogen (secondary N) is 1. The number of likely N-dealkylation sites (N-methyl/N-ethyl adjacent to an activating group) is 1. The molecule has 3 rings (SSSR count). The Kier molecular flexibility index (Phi) is 5.94. The van der Waals surface area contributed by atoms with E-state index in [4.69, 9.17) is 0 Å². The lowest BCUT2D eigenvalue weighted by Gasteiger charge is -2.31. The van der Waals surface area contributed by atoms with E-state index in [1.807, 2.05) is 0 Å². The van der Waals surface area contributed by atoms with Gasteiger partial charge in [-0.1, -0.05) is 19.3 Å². The average Bonchev–Trinajstić information content (AvgIpc) is 3.03. The van der Waals surface area contributed by atoms with Gasteiger partial charge in [-0.25, -0.2) is 0 Å². The molecule has 1 heterocycles. The van der Waals surface area contributed by atoms with Gasteiger partial charge in [-0.3, -0.25) is 14.5 Å². The van der Waals surface area contributed by atoms with Crippen molar-refractivity contribution in [2.75, 3.05) is 25.5 Å². The van der Waals surface area contributed by atoms with Gasteiger partial charge < -0.3 is 15.3 Å². The predicted octanol–water partition coefficient (Wildman–Crippen LogP) is 2.09. The summed E-state index contributed by atoms with van der Waals surface area (Å²) in [6.07, 6.45) is 5.71. The zero-order valence-corrected chi connectivity index (χ0v) is 15.6. The van der Waals surface area contributed by atoms with Crippen LogP contribution in [0.1, 0.15) is 49.4 Å². The fourth-order valence-electron chi connectivity index (χ4n) is 4.18. The number of hydrogen-bond acceptors (Lipinski definition) is 4. The molecule has 2 fully saturated rings. The first kappa shape index (κ1) is 18.9. The zero-order chi connectivity index (χ0) is 18.7. The number of benzene rings is 1. The number of likely N-dealkylation sites (tertiary alicyclic amines) is 1. The van der Waals surface area contributed by atoms with Crippen LogP contribution in [0.2, 0.25) is 0 Å². The number of nitrogens with zero attached hydrogens (tertiary/aromatic N) is 2. The van der Waals surface area contributed by atoms with Crippen LogP contribution >= 0.6 is 0 Å². The minimum absolute atomic E-state index is 0.103. The Morgan fingerprint density at radius 1 is 1.12 bits per heavy atom. The van der Waals surface area contributed by atoms with Gasteiger partial charge in [0.25, 0.3) is 5.91 Å². The fourth-order valence-corrected chi connectivity index (χ4v) is 4.18. The van der Waals surface area contributed by atoms with Crippen LogP contribution in [0.25, 0.3) is 0 Å². The molecular formula is C20H29N3O3. The van der Waals surface area contributed by atoms with Gasteiger partial charge in [-0.05, 0) is 37.1 Å². The van der Waals surface area contributed by atoms with Crippen molar-refractivity contribution in [3.8, 4) is 0 Å². The summed E-state index contributed by atoms with van der Waals surface area (Å²) in [6, 6.07) is 7.24. The van der Waals surface area contributed by atoms with E-state index in [1.165, 1.54) is 39.0 Å². The van der Waals surface area contributed by atoms with Gasteiger partial charge in [0.15, 0.2) is 0 Å². The summed E-state index contributed by atoms with van der Waals surface area (Å²) in [5, 5.41) is 13.2. The van der Waals surface area contributed by atoms with Crippen LogP contribution in [-0.2, 0) is 4.79 Å². The molecular weight excluding hydrogens is 330 g/mol. The first-order chi connectivity index (χ1) is 12.5. The lowest BCUT2D eigenvalue weighted by Crippen LogP contribution is -2.44. The molecule has 26 heavy (non-hydrogen) atoms. The third-order valence-electron chi connectivity index (χ3n) is 5.65. The van der Waals surface area contributed by atoms with Crippen molar-refractivity contribution < 1.29 is 14.7 Å². The van der Waals surface area contributed by atoms with Crippen molar-refractivity contribution in [2.45, 2.75) is 57.2 Å². The molecule has 1 aliphatic carbocycles. The number of rotatable bonds is 4. The molecule has 1 aromatic carbocycles. The number of anilines is 1. The van der Waals surface area contributed by atoms with Crippen molar-refractivity contribution in [3.05, 3.63) is 29.8 Å². The smallest absolute Gasteiger partial charge is 0.253 e. The molecule has 0 aromatic heterocycles.